The topological polar surface area (TPSA) is 33.4 Å². The number of hydrogen-bond donors (Lipinski definition) is 1. The van der Waals surface area contributed by atoms with Crippen LogP contribution in [0, 0.1) is 6.92 Å². The van der Waals surface area contributed by atoms with E-state index in [1.165, 1.54) is 5.56 Å². The highest BCUT2D eigenvalue weighted by molar-refractivity contribution is 5.58. The zero-order chi connectivity index (χ0) is 11.2. The van der Waals surface area contributed by atoms with E-state index in [0.29, 0.717) is 5.76 Å². The molecule has 1 saturated carbocycles. The Morgan fingerprint density at radius 3 is 2.38 bits per heavy atom. The highest BCUT2D eigenvalue weighted by Crippen LogP contribution is 2.46. The van der Waals surface area contributed by atoms with Gasteiger partial charge in [-0.3, -0.25) is 0 Å². The van der Waals surface area contributed by atoms with Gasteiger partial charge in [0.1, 0.15) is 17.1 Å². The van der Waals surface area contributed by atoms with Crippen LogP contribution < -0.4 is 0 Å². The summed E-state index contributed by atoms with van der Waals surface area (Å²) in [7, 11) is 0. The fourth-order valence-electron chi connectivity index (χ4n) is 1.83. The Bertz CT molecular complexity index is 504. The molecule has 0 unspecified atom stereocenters. The van der Waals surface area contributed by atoms with E-state index in [0.717, 1.165) is 24.2 Å². The maximum absolute atomic E-state index is 9.91. The maximum atomic E-state index is 9.91. The molecule has 2 aromatic rings. The number of aryl methyl sites for hydroxylation is 1. The lowest BCUT2D eigenvalue weighted by Gasteiger charge is -2.02. The smallest absolute Gasteiger partial charge is 0.136 e. The SMILES string of the molecule is Cc1ccc(-c2ccc(C3(O)CC3)o2)cc1. The summed E-state index contributed by atoms with van der Waals surface area (Å²) < 4.78 is 5.69. The van der Waals surface area contributed by atoms with Gasteiger partial charge in [0.05, 0.1) is 0 Å². The maximum Gasteiger partial charge on any atom is 0.136 e. The summed E-state index contributed by atoms with van der Waals surface area (Å²) in [5, 5.41) is 9.91. The van der Waals surface area contributed by atoms with Gasteiger partial charge in [0.2, 0.25) is 0 Å². The fraction of sp³-hybridized carbons (Fsp3) is 0.286. The monoisotopic (exact) mass is 214 g/mol. The molecule has 1 aliphatic carbocycles. The zero-order valence-corrected chi connectivity index (χ0v) is 9.23. The van der Waals surface area contributed by atoms with Gasteiger partial charge in [-0.15, -0.1) is 0 Å². The number of hydrogen-bond acceptors (Lipinski definition) is 2. The molecule has 0 atom stereocenters. The first kappa shape index (κ1) is 9.67. The van der Waals surface area contributed by atoms with Crippen molar-refractivity contribution in [2.75, 3.05) is 0 Å². The van der Waals surface area contributed by atoms with E-state index < -0.39 is 5.60 Å². The summed E-state index contributed by atoms with van der Waals surface area (Å²) in [6.07, 6.45) is 1.63. The summed E-state index contributed by atoms with van der Waals surface area (Å²) in [5.41, 5.74) is 1.61. The Hall–Kier alpha value is -1.54. The molecule has 3 rings (SSSR count). The van der Waals surface area contributed by atoms with Gasteiger partial charge in [-0.2, -0.15) is 0 Å². The summed E-state index contributed by atoms with van der Waals surface area (Å²) >= 11 is 0. The Morgan fingerprint density at radius 2 is 1.75 bits per heavy atom. The van der Waals surface area contributed by atoms with Crippen molar-refractivity contribution < 1.29 is 9.52 Å². The first-order valence-electron chi connectivity index (χ1n) is 5.57. The van der Waals surface area contributed by atoms with Crippen molar-refractivity contribution in [1.29, 1.82) is 0 Å². The second kappa shape index (κ2) is 3.22. The summed E-state index contributed by atoms with van der Waals surface area (Å²) in [6.45, 7) is 2.06. The molecule has 2 nitrogen and oxygen atoms in total. The van der Waals surface area contributed by atoms with Crippen LogP contribution in [0.25, 0.3) is 11.3 Å². The molecule has 0 bridgehead atoms. The molecule has 1 heterocycles. The zero-order valence-electron chi connectivity index (χ0n) is 9.23. The van der Waals surface area contributed by atoms with Crippen molar-refractivity contribution in [3.63, 3.8) is 0 Å². The van der Waals surface area contributed by atoms with Gasteiger partial charge < -0.3 is 9.52 Å². The van der Waals surface area contributed by atoms with Crippen LogP contribution in [0.2, 0.25) is 0 Å². The minimum atomic E-state index is -0.678. The average molecular weight is 214 g/mol. The molecule has 1 aromatic heterocycles. The third-order valence-corrected chi connectivity index (χ3v) is 3.12. The molecule has 0 radical (unpaired) electrons. The van der Waals surface area contributed by atoms with Crippen LogP contribution in [0.4, 0.5) is 0 Å². The van der Waals surface area contributed by atoms with Gasteiger partial charge in [-0.05, 0) is 31.9 Å². The lowest BCUT2D eigenvalue weighted by molar-refractivity contribution is 0.124. The molecule has 1 N–H and O–H groups in total. The molecular weight excluding hydrogens is 200 g/mol. The predicted molar refractivity (Wildman–Crippen MR) is 62.0 cm³/mol. The van der Waals surface area contributed by atoms with Crippen molar-refractivity contribution in [1.82, 2.24) is 0 Å². The first-order chi connectivity index (χ1) is 7.67. The lowest BCUT2D eigenvalue weighted by Crippen LogP contribution is -2.01. The van der Waals surface area contributed by atoms with Crippen molar-refractivity contribution in [3.8, 4) is 11.3 Å². The van der Waals surface area contributed by atoms with Gasteiger partial charge in [0.25, 0.3) is 0 Å². The van der Waals surface area contributed by atoms with Gasteiger partial charge in [-0.1, -0.05) is 29.8 Å². The molecule has 82 valence electrons. The largest absolute Gasteiger partial charge is 0.458 e. The van der Waals surface area contributed by atoms with Crippen LogP contribution >= 0.6 is 0 Å². The van der Waals surface area contributed by atoms with Gasteiger partial charge >= 0.3 is 0 Å². The third kappa shape index (κ3) is 1.55. The second-order valence-electron chi connectivity index (χ2n) is 4.56. The molecule has 0 saturated heterocycles. The van der Waals surface area contributed by atoms with Crippen molar-refractivity contribution in [2.45, 2.75) is 25.4 Å². The number of benzene rings is 1. The van der Waals surface area contributed by atoms with E-state index in [1.807, 2.05) is 24.3 Å². The number of aliphatic hydroxyl groups is 1. The standard InChI is InChI=1S/C14H14O2/c1-10-2-4-11(5-3-10)12-6-7-13(16-12)14(15)8-9-14/h2-7,15H,8-9H2,1H3. The van der Waals surface area contributed by atoms with E-state index in [-0.39, 0.29) is 0 Å². The van der Waals surface area contributed by atoms with Gasteiger partial charge in [0.15, 0.2) is 0 Å². The van der Waals surface area contributed by atoms with Crippen LogP contribution in [0.3, 0.4) is 0 Å². The van der Waals surface area contributed by atoms with E-state index in [4.69, 9.17) is 4.42 Å². The van der Waals surface area contributed by atoms with Crippen molar-refractivity contribution in [3.05, 3.63) is 47.7 Å². The average Bonchev–Trinajstić information content (AvgIpc) is 2.84. The summed E-state index contributed by atoms with van der Waals surface area (Å²) in [4.78, 5) is 0. The lowest BCUT2D eigenvalue weighted by atomic mass is 10.1. The Morgan fingerprint density at radius 1 is 1.06 bits per heavy atom. The Labute approximate surface area is 94.5 Å². The van der Waals surface area contributed by atoms with Gasteiger partial charge in [-0.25, -0.2) is 0 Å². The van der Waals surface area contributed by atoms with E-state index in [2.05, 4.69) is 19.1 Å². The normalized spacial score (nSPS) is 17.4. The van der Waals surface area contributed by atoms with Crippen molar-refractivity contribution >= 4 is 0 Å². The molecular formula is C14H14O2. The summed E-state index contributed by atoms with van der Waals surface area (Å²) in [5.74, 6) is 1.53. The molecule has 2 heteroatoms. The fourth-order valence-corrected chi connectivity index (χ4v) is 1.83. The van der Waals surface area contributed by atoms with E-state index in [1.54, 1.807) is 0 Å². The molecule has 1 aliphatic rings. The van der Waals surface area contributed by atoms with Crippen LogP contribution in [0.15, 0.2) is 40.8 Å². The molecule has 0 spiro atoms. The minimum Gasteiger partial charge on any atom is -0.458 e. The highest BCUT2D eigenvalue weighted by atomic mass is 16.4. The Kier molecular flexibility index (Phi) is 1.95. The van der Waals surface area contributed by atoms with E-state index in [9.17, 15) is 5.11 Å². The highest BCUT2D eigenvalue weighted by Gasteiger charge is 2.45. The first-order valence-corrected chi connectivity index (χ1v) is 5.57. The second-order valence-corrected chi connectivity index (χ2v) is 4.56. The molecule has 0 aliphatic heterocycles. The van der Waals surface area contributed by atoms with Gasteiger partial charge in [0, 0.05) is 5.56 Å². The van der Waals surface area contributed by atoms with E-state index >= 15 is 0 Å². The molecule has 16 heavy (non-hydrogen) atoms. The Balaban J connectivity index is 1.95. The summed E-state index contributed by atoms with van der Waals surface area (Å²) in [6, 6.07) is 12.0. The molecule has 0 amide bonds. The molecule has 1 fully saturated rings. The third-order valence-electron chi connectivity index (χ3n) is 3.12. The predicted octanol–water partition coefficient (Wildman–Crippen LogP) is 3.24. The van der Waals surface area contributed by atoms with Crippen LogP contribution in [0.5, 0.6) is 0 Å². The molecule has 1 aromatic carbocycles. The minimum absolute atomic E-state index is 0.678. The van der Waals surface area contributed by atoms with Crippen molar-refractivity contribution in [2.24, 2.45) is 0 Å². The number of rotatable bonds is 2. The quantitative estimate of drug-likeness (QED) is 0.832. The number of furan rings is 1. The van der Waals surface area contributed by atoms with Crippen LogP contribution in [-0.4, -0.2) is 5.11 Å². The van der Waals surface area contributed by atoms with Crippen LogP contribution in [0.1, 0.15) is 24.2 Å². The van der Waals surface area contributed by atoms with Crippen LogP contribution in [-0.2, 0) is 5.60 Å².